The third kappa shape index (κ3) is 4.18. The van der Waals surface area contributed by atoms with Gasteiger partial charge in [-0.3, -0.25) is 15.0 Å². The first-order valence-electron chi connectivity index (χ1n) is 7.98. The minimum atomic E-state index is -4.04. The monoisotopic (exact) mass is 372 g/mol. The summed E-state index contributed by atoms with van der Waals surface area (Å²) in [7, 11) is -4.04. The SMILES string of the molecule is O=[N+]([O-])c1cc2c(cc1S(=O)(=O)NCCN1CCNCC1)OCCO2. The van der Waals surface area contributed by atoms with Gasteiger partial charge in [-0.15, -0.1) is 0 Å². The molecule has 2 N–H and O–H groups in total. The second kappa shape index (κ2) is 7.52. The summed E-state index contributed by atoms with van der Waals surface area (Å²) in [6.07, 6.45) is 0. The molecule has 2 heterocycles. The number of nitrogens with one attached hydrogen (secondary N) is 2. The van der Waals surface area contributed by atoms with Crippen molar-refractivity contribution >= 4 is 15.7 Å². The van der Waals surface area contributed by atoms with Gasteiger partial charge in [-0.1, -0.05) is 0 Å². The van der Waals surface area contributed by atoms with Crippen molar-refractivity contribution in [2.75, 3.05) is 52.5 Å². The number of hydrogen-bond acceptors (Lipinski definition) is 8. The molecule has 0 bridgehead atoms. The number of rotatable bonds is 6. The minimum Gasteiger partial charge on any atom is -0.486 e. The molecule has 1 fully saturated rings. The molecule has 11 heteroatoms. The number of fused-ring (bicyclic) bond motifs is 1. The molecule has 0 radical (unpaired) electrons. The summed E-state index contributed by atoms with van der Waals surface area (Å²) >= 11 is 0. The van der Waals surface area contributed by atoms with Crippen LogP contribution in [0.5, 0.6) is 11.5 Å². The van der Waals surface area contributed by atoms with Crippen molar-refractivity contribution in [3.63, 3.8) is 0 Å². The van der Waals surface area contributed by atoms with E-state index >= 15 is 0 Å². The van der Waals surface area contributed by atoms with E-state index in [1.54, 1.807) is 0 Å². The maximum absolute atomic E-state index is 12.5. The normalized spacial score (nSPS) is 18.1. The average molecular weight is 372 g/mol. The van der Waals surface area contributed by atoms with E-state index in [9.17, 15) is 18.5 Å². The number of hydrogen-bond donors (Lipinski definition) is 2. The number of piperazine rings is 1. The van der Waals surface area contributed by atoms with Gasteiger partial charge >= 0.3 is 0 Å². The number of sulfonamides is 1. The largest absolute Gasteiger partial charge is 0.486 e. The van der Waals surface area contributed by atoms with Gasteiger partial charge in [0.05, 0.1) is 11.0 Å². The molecule has 0 aromatic heterocycles. The van der Waals surface area contributed by atoms with E-state index in [-0.39, 0.29) is 31.3 Å². The van der Waals surface area contributed by atoms with E-state index < -0.39 is 25.5 Å². The van der Waals surface area contributed by atoms with Gasteiger partial charge in [0.1, 0.15) is 13.2 Å². The molecule has 10 nitrogen and oxygen atoms in total. The van der Waals surface area contributed by atoms with Crippen molar-refractivity contribution in [3.05, 3.63) is 22.2 Å². The first-order chi connectivity index (χ1) is 12.0. The van der Waals surface area contributed by atoms with Crippen LogP contribution < -0.4 is 19.5 Å². The van der Waals surface area contributed by atoms with E-state index in [4.69, 9.17) is 9.47 Å². The molecule has 25 heavy (non-hydrogen) atoms. The van der Waals surface area contributed by atoms with Gasteiger partial charge in [-0.05, 0) is 0 Å². The van der Waals surface area contributed by atoms with Crippen molar-refractivity contribution < 1.29 is 22.8 Å². The lowest BCUT2D eigenvalue weighted by molar-refractivity contribution is -0.388. The second-order valence-corrected chi connectivity index (χ2v) is 7.45. The highest BCUT2D eigenvalue weighted by Crippen LogP contribution is 2.38. The van der Waals surface area contributed by atoms with Crippen molar-refractivity contribution in [2.24, 2.45) is 0 Å². The molecular weight excluding hydrogens is 352 g/mol. The summed E-state index contributed by atoms with van der Waals surface area (Å²) in [5, 5.41) is 14.5. The summed E-state index contributed by atoms with van der Waals surface area (Å²) in [4.78, 5) is 12.3. The van der Waals surface area contributed by atoms with Crippen LogP contribution in [0.2, 0.25) is 0 Å². The number of ether oxygens (including phenoxy) is 2. The molecule has 0 atom stereocenters. The Morgan fingerprint density at radius 2 is 1.84 bits per heavy atom. The van der Waals surface area contributed by atoms with Crippen molar-refractivity contribution in [1.29, 1.82) is 0 Å². The van der Waals surface area contributed by atoms with Crippen LogP contribution in [0.1, 0.15) is 0 Å². The van der Waals surface area contributed by atoms with Crippen LogP contribution in [0.3, 0.4) is 0 Å². The second-order valence-electron chi connectivity index (χ2n) is 5.71. The molecule has 0 saturated carbocycles. The lowest BCUT2D eigenvalue weighted by atomic mass is 10.2. The molecule has 138 valence electrons. The first-order valence-corrected chi connectivity index (χ1v) is 9.46. The lowest BCUT2D eigenvalue weighted by Crippen LogP contribution is -2.46. The Labute approximate surface area is 145 Å². The zero-order chi connectivity index (χ0) is 17.9. The average Bonchev–Trinajstić information content (AvgIpc) is 2.61. The van der Waals surface area contributed by atoms with Gasteiger partial charge in [0, 0.05) is 45.3 Å². The smallest absolute Gasteiger partial charge is 0.293 e. The van der Waals surface area contributed by atoms with Crippen LogP contribution >= 0.6 is 0 Å². The van der Waals surface area contributed by atoms with Crippen LogP contribution in [-0.2, 0) is 10.0 Å². The van der Waals surface area contributed by atoms with Gasteiger partial charge in [-0.25, -0.2) is 13.1 Å². The third-order valence-corrected chi connectivity index (χ3v) is 5.53. The van der Waals surface area contributed by atoms with Crippen LogP contribution in [-0.4, -0.2) is 70.7 Å². The van der Waals surface area contributed by atoms with Gasteiger partial charge in [0.15, 0.2) is 16.4 Å². The highest BCUT2D eigenvalue weighted by Gasteiger charge is 2.30. The topological polar surface area (TPSA) is 123 Å². The molecule has 1 saturated heterocycles. The van der Waals surface area contributed by atoms with Gasteiger partial charge in [0.25, 0.3) is 5.69 Å². The van der Waals surface area contributed by atoms with Crippen LogP contribution in [0, 0.1) is 10.1 Å². The molecule has 0 amide bonds. The summed E-state index contributed by atoms with van der Waals surface area (Å²) in [6, 6.07) is 2.25. The molecule has 2 aliphatic heterocycles. The predicted octanol–water partition coefficient (Wildman–Crippen LogP) is -0.450. The molecule has 1 aromatic rings. The quantitative estimate of drug-likeness (QED) is 0.508. The summed E-state index contributed by atoms with van der Waals surface area (Å²) in [5.74, 6) is 0.372. The highest BCUT2D eigenvalue weighted by molar-refractivity contribution is 7.89. The number of benzene rings is 1. The molecule has 2 aliphatic rings. The highest BCUT2D eigenvalue weighted by atomic mass is 32.2. The summed E-state index contributed by atoms with van der Waals surface area (Å²) in [6.45, 7) is 4.64. The number of nitro benzene ring substituents is 1. The first kappa shape index (κ1) is 17.9. The summed E-state index contributed by atoms with van der Waals surface area (Å²) in [5.41, 5.74) is -0.529. The Hall–Kier alpha value is -1.95. The molecule has 0 unspecified atom stereocenters. The molecule has 1 aromatic carbocycles. The van der Waals surface area contributed by atoms with Gasteiger partial charge < -0.3 is 14.8 Å². The zero-order valence-electron chi connectivity index (χ0n) is 13.6. The van der Waals surface area contributed by atoms with Crippen molar-refractivity contribution in [2.45, 2.75) is 4.90 Å². The van der Waals surface area contributed by atoms with E-state index in [0.29, 0.717) is 6.54 Å². The fraction of sp³-hybridized carbons (Fsp3) is 0.571. The molecule has 0 aliphatic carbocycles. The molecule has 3 rings (SSSR count). The van der Waals surface area contributed by atoms with Gasteiger partial charge in [0.2, 0.25) is 10.0 Å². The Balaban J connectivity index is 1.77. The van der Waals surface area contributed by atoms with Crippen LogP contribution in [0.4, 0.5) is 5.69 Å². The fourth-order valence-electron chi connectivity index (χ4n) is 2.77. The maximum atomic E-state index is 12.5. The Morgan fingerprint density at radius 1 is 1.20 bits per heavy atom. The molecular formula is C14H20N4O6S. The fourth-order valence-corrected chi connectivity index (χ4v) is 3.95. The maximum Gasteiger partial charge on any atom is 0.293 e. The Kier molecular flexibility index (Phi) is 5.37. The van der Waals surface area contributed by atoms with Crippen LogP contribution in [0.15, 0.2) is 17.0 Å². The zero-order valence-corrected chi connectivity index (χ0v) is 14.4. The van der Waals surface area contributed by atoms with E-state index in [2.05, 4.69) is 14.9 Å². The number of nitro groups is 1. The standard InChI is InChI=1S/C14H20N4O6S/c19-18(20)11-9-12-13(24-8-7-23-12)10-14(11)25(21,22)16-3-6-17-4-1-15-2-5-17/h9-10,15-16H,1-8H2. The predicted molar refractivity (Wildman–Crippen MR) is 88.6 cm³/mol. The molecule has 0 spiro atoms. The van der Waals surface area contributed by atoms with Gasteiger partial charge in [-0.2, -0.15) is 0 Å². The van der Waals surface area contributed by atoms with E-state index in [1.165, 1.54) is 0 Å². The lowest BCUT2D eigenvalue weighted by Gasteiger charge is -2.27. The summed E-state index contributed by atoms with van der Waals surface area (Å²) < 4.78 is 38.1. The third-order valence-electron chi connectivity index (χ3n) is 4.04. The minimum absolute atomic E-state index is 0.175. The number of nitrogens with zero attached hydrogens (tertiary/aromatic N) is 2. The Morgan fingerprint density at radius 3 is 2.48 bits per heavy atom. The van der Waals surface area contributed by atoms with E-state index in [1.807, 2.05) is 0 Å². The Bertz CT molecular complexity index is 748. The van der Waals surface area contributed by atoms with Crippen molar-refractivity contribution in [1.82, 2.24) is 14.9 Å². The van der Waals surface area contributed by atoms with Crippen LogP contribution in [0.25, 0.3) is 0 Å². The van der Waals surface area contributed by atoms with Crippen molar-refractivity contribution in [3.8, 4) is 11.5 Å². The van der Waals surface area contributed by atoms with E-state index in [0.717, 1.165) is 38.3 Å².